The normalized spacial score (nSPS) is 14.7. The molecule has 5 heteroatoms. The molecule has 1 amide bonds. The standard InChI is InChI=1S/C21H23N3O2/c1-15-4-2-3-5-16(15)13-21(26)23-18-6-7-20(17(12-18)14-22)24-10-8-19(25)9-11-24/h2-7,12,19,25H,8-11,13H2,1H3,(H,23,26). The van der Waals surface area contributed by atoms with Crippen LogP contribution in [0.1, 0.15) is 29.5 Å². The van der Waals surface area contributed by atoms with Crippen LogP contribution >= 0.6 is 0 Å². The van der Waals surface area contributed by atoms with E-state index in [4.69, 9.17) is 0 Å². The van der Waals surface area contributed by atoms with Crippen molar-refractivity contribution in [1.29, 1.82) is 5.26 Å². The van der Waals surface area contributed by atoms with Gasteiger partial charge >= 0.3 is 0 Å². The predicted octanol–water partition coefficient (Wildman–Crippen LogP) is 3.01. The van der Waals surface area contributed by atoms with Gasteiger partial charge in [-0.2, -0.15) is 5.26 Å². The van der Waals surface area contributed by atoms with Crippen molar-refractivity contribution in [3.63, 3.8) is 0 Å². The Labute approximate surface area is 153 Å². The molecule has 2 N–H and O–H groups in total. The summed E-state index contributed by atoms with van der Waals surface area (Å²) in [4.78, 5) is 14.4. The summed E-state index contributed by atoms with van der Waals surface area (Å²) in [6.07, 6.45) is 1.47. The molecular weight excluding hydrogens is 326 g/mol. The molecule has 1 heterocycles. The van der Waals surface area contributed by atoms with Gasteiger partial charge in [-0.05, 0) is 49.1 Å². The van der Waals surface area contributed by atoms with E-state index in [2.05, 4.69) is 16.3 Å². The average molecular weight is 349 g/mol. The quantitative estimate of drug-likeness (QED) is 0.890. The van der Waals surface area contributed by atoms with E-state index < -0.39 is 0 Å². The minimum atomic E-state index is -0.253. The summed E-state index contributed by atoms with van der Waals surface area (Å²) in [5.74, 6) is -0.1000. The number of amides is 1. The number of nitrogens with one attached hydrogen (secondary N) is 1. The van der Waals surface area contributed by atoms with Gasteiger partial charge in [0.25, 0.3) is 0 Å². The molecule has 0 saturated carbocycles. The Balaban J connectivity index is 1.70. The van der Waals surface area contributed by atoms with Crippen LogP contribution in [0.3, 0.4) is 0 Å². The number of nitrogens with zero attached hydrogens (tertiary/aromatic N) is 2. The topological polar surface area (TPSA) is 76.4 Å². The molecule has 5 nitrogen and oxygen atoms in total. The highest BCUT2D eigenvalue weighted by molar-refractivity contribution is 5.93. The number of anilines is 2. The minimum absolute atomic E-state index is 0.1000. The van der Waals surface area contributed by atoms with Crippen molar-refractivity contribution in [2.24, 2.45) is 0 Å². The zero-order valence-corrected chi connectivity index (χ0v) is 14.9. The summed E-state index contributed by atoms with van der Waals surface area (Å²) in [6, 6.07) is 15.5. The van der Waals surface area contributed by atoms with Gasteiger partial charge in [0.15, 0.2) is 0 Å². The maximum Gasteiger partial charge on any atom is 0.228 e. The summed E-state index contributed by atoms with van der Waals surface area (Å²) in [5, 5.41) is 22.0. The van der Waals surface area contributed by atoms with Gasteiger partial charge in [-0.1, -0.05) is 24.3 Å². The molecule has 0 aromatic heterocycles. The third-order valence-corrected chi connectivity index (χ3v) is 4.82. The van der Waals surface area contributed by atoms with Crippen LogP contribution in [0, 0.1) is 18.3 Å². The number of hydrogen-bond donors (Lipinski definition) is 2. The van der Waals surface area contributed by atoms with Crippen LogP contribution in [-0.2, 0) is 11.2 Å². The van der Waals surface area contributed by atoms with Crippen LogP contribution in [0.5, 0.6) is 0 Å². The second-order valence-corrected chi connectivity index (χ2v) is 6.71. The first kappa shape index (κ1) is 18.0. The smallest absolute Gasteiger partial charge is 0.228 e. The number of carbonyl (C=O) groups is 1. The second-order valence-electron chi connectivity index (χ2n) is 6.71. The van der Waals surface area contributed by atoms with E-state index in [1.54, 1.807) is 6.07 Å². The fourth-order valence-corrected chi connectivity index (χ4v) is 3.27. The van der Waals surface area contributed by atoms with Crippen LogP contribution in [0.4, 0.5) is 11.4 Å². The number of nitriles is 1. The highest BCUT2D eigenvalue weighted by Crippen LogP contribution is 2.26. The lowest BCUT2D eigenvalue weighted by Gasteiger charge is -2.32. The minimum Gasteiger partial charge on any atom is -0.393 e. The number of aryl methyl sites for hydroxylation is 1. The van der Waals surface area contributed by atoms with Crippen molar-refractivity contribution in [2.75, 3.05) is 23.3 Å². The zero-order valence-electron chi connectivity index (χ0n) is 14.9. The summed E-state index contributed by atoms with van der Waals surface area (Å²) in [7, 11) is 0. The molecule has 1 saturated heterocycles. The first-order valence-electron chi connectivity index (χ1n) is 8.88. The van der Waals surface area contributed by atoms with Crippen LogP contribution in [0.15, 0.2) is 42.5 Å². The molecular formula is C21H23N3O2. The number of piperidine rings is 1. The lowest BCUT2D eigenvalue weighted by Crippen LogP contribution is -2.36. The summed E-state index contributed by atoms with van der Waals surface area (Å²) in [5.41, 5.74) is 4.10. The van der Waals surface area contributed by atoms with Crippen LogP contribution < -0.4 is 10.2 Å². The van der Waals surface area contributed by atoms with Crippen LogP contribution in [0.2, 0.25) is 0 Å². The second kappa shape index (κ2) is 8.03. The van der Waals surface area contributed by atoms with E-state index in [1.807, 2.05) is 43.3 Å². The molecule has 1 fully saturated rings. The predicted molar refractivity (Wildman–Crippen MR) is 102 cm³/mol. The van der Waals surface area contributed by atoms with E-state index in [9.17, 15) is 15.2 Å². The first-order valence-corrected chi connectivity index (χ1v) is 8.88. The van der Waals surface area contributed by atoms with Crippen molar-refractivity contribution >= 4 is 17.3 Å². The molecule has 0 unspecified atom stereocenters. The lowest BCUT2D eigenvalue weighted by atomic mass is 10.0. The van der Waals surface area contributed by atoms with E-state index >= 15 is 0 Å². The van der Waals surface area contributed by atoms with Crippen molar-refractivity contribution in [2.45, 2.75) is 32.3 Å². The highest BCUT2D eigenvalue weighted by atomic mass is 16.3. The molecule has 26 heavy (non-hydrogen) atoms. The molecule has 0 atom stereocenters. The van der Waals surface area contributed by atoms with Gasteiger partial charge in [-0.25, -0.2) is 0 Å². The fourth-order valence-electron chi connectivity index (χ4n) is 3.27. The van der Waals surface area contributed by atoms with Gasteiger partial charge in [0.2, 0.25) is 5.91 Å². The Bertz CT molecular complexity index is 833. The summed E-state index contributed by atoms with van der Waals surface area (Å²) >= 11 is 0. The number of hydrogen-bond acceptors (Lipinski definition) is 4. The molecule has 2 aromatic rings. The fraction of sp³-hybridized carbons (Fsp3) is 0.333. The molecule has 0 radical (unpaired) electrons. The number of aliphatic hydroxyl groups is 1. The largest absolute Gasteiger partial charge is 0.393 e. The molecule has 134 valence electrons. The highest BCUT2D eigenvalue weighted by Gasteiger charge is 2.19. The average Bonchev–Trinajstić information content (AvgIpc) is 2.64. The van der Waals surface area contributed by atoms with Crippen LogP contribution in [0.25, 0.3) is 0 Å². The SMILES string of the molecule is Cc1ccccc1CC(=O)Nc1ccc(N2CCC(O)CC2)c(C#N)c1. The number of carbonyl (C=O) groups excluding carboxylic acids is 1. The Morgan fingerprint density at radius 2 is 2.00 bits per heavy atom. The third kappa shape index (κ3) is 4.22. The molecule has 2 aromatic carbocycles. The van der Waals surface area contributed by atoms with Gasteiger partial charge in [-0.15, -0.1) is 0 Å². The molecule has 0 aliphatic carbocycles. The first-order chi connectivity index (χ1) is 12.6. The van der Waals surface area contributed by atoms with Gasteiger partial charge in [0, 0.05) is 18.8 Å². The van der Waals surface area contributed by atoms with E-state index in [0.717, 1.165) is 29.9 Å². The number of aliphatic hydroxyl groups excluding tert-OH is 1. The van der Waals surface area contributed by atoms with Gasteiger partial charge < -0.3 is 15.3 Å². The lowest BCUT2D eigenvalue weighted by molar-refractivity contribution is -0.115. The molecule has 3 rings (SSSR count). The maximum absolute atomic E-state index is 12.3. The van der Waals surface area contributed by atoms with E-state index in [0.29, 0.717) is 30.5 Å². The summed E-state index contributed by atoms with van der Waals surface area (Å²) in [6.45, 7) is 3.45. The molecule has 0 bridgehead atoms. The molecule has 1 aliphatic heterocycles. The van der Waals surface area contributed by atoms with Crippen molar-refractivity contribution in [1.82, 2.24) is 0 Å². The Kier molecular flexibility index (Phi) is 5.55. The molecule has 0 spiro atoms. The van der Waals surface area contributed by atoms with Crippen molar-refractivity contribution < 1.29 is 9.90 Å². The third-order valence-electron chi connectivity index (χ3n) is 4.82. The van der Waals surface area contributed by atoms with E-state index in [1.165, 1.54) is 0 Å². The zero-order chi connectivity index (χ0) is 18.5. The molecule has 1 aliphatic rings. The number of rotatable bonds is 4. The van der Waals surface area contributed by atoms with Crippen molar-refractivity contribution in [3.8, 4) is 6.07 Å². The van der Waals surface area contributed by atoms with Gasteiger partial charge in [0.1, 0.15) is 6.07 Å². The Morgan fingerprint density at radius 1 is 1.27 bits per heavy atom. The number of benzene rings is 2. The summed E-state index contributed by atoms with van der Waals surface area (Å²) < 4.78 is 0. The Hall–Kier alpha value is -2.84. The maximum atomic E-state index is 12.3. The van der Waals surface area contributed by atoms with Gasteiger partial charge in [0.05, 0.1) is 23.8 Å². The van der Waals surface area contributed by atoms with E-state index in [-0.39, 0.29) is 12.0 Å². The van der Waals surface area contributed by atoms with Crippen molar-refractivity contribution in [3.05, 3.63) is 59.2 Å². The van der Waals surface area contributed by atoms with Crippen LogP contribution in [-0.4, -0.2) is 30.2 Å². The van der Waals surface area contributed by atoms with Gasteiger partial charge in [-0.3, -0.25) is 4.79 Å². The monoisotopic (exact) mass is 349 g/mol. The Morgan fingerprint density at radius 3 is 2.69 bits per heavy atom.